The van der Waals surface area contributed by atoms with Gasteiger partial charge in [0.2, 0.25) is 0 Å². The maximum atomic E-state index is 12.2. The smallest absolute Gasteiger partial charge is 0.253 e. The first-order valence-corrected chi connectivity index (χ1v) is 8.15. The van der Waals surface area contributed by atoms with Gasteiger partial charge in [-0.05, 0) is 49.3 Å². The minimum atomic E-state index is 0.0368. The van der Waals surface area contributed by atoms with E-state index in [0.29, 0.717) is 5.92 Å². The van der Waals surface area contributed by atoms with E-state index in [1.807, 2.05) is 43.0 Å². The van der Waals surface area contributed by atoms with Gasteiger partial charge in [0.05, 0.1) is 5.56 Å². The van der Waals surface area contributed by atoms with E-state index in [-0.39, 0.29) is 5.91 Å². The summed E-state index contributed by atoms with van der Waals surface area (Å²) in [4.78, 5) is 12.2. The number of amides is 1. The molecule has 1 aromatic rings. The first-order valence-electron chi connectivity index (χ1n) is 7.00. The zero-order valence-electron chi connectivity index (χ0n) is 11.4. The van der Waals surface area contributed by atoms with Crippen molar-refractivity contribution < 1.29 is 4.79 Å². The summed E-state index contributed by atoms with van der Waals surface area (Å²) in [7, 11) is 0. The van der Waals surface area contributed by atoms with Crippen LogP contribution in [0, 0.1) is 5.92 Å². The van der Waals surface area contributed by atoms with Gasteiger partial charge in [-0.15, -0.1) is 0 Å². The molecular formula is C15H22N2OS. The molecule has 1 aromatic carbocycles. The van der Waals surface area contributed by atoms with Gasteiger partial charge in [-0.1, -0.05) is 12.1 Å². The Labute approximate surface area is 119 Å². The normalized spacial score (nSPS) is 16.1. The highest BCUT2D eigenvalue weighted by Crippen LogP contribution is 2.22. The molecule has 104 valence electrons. The molecule has 0 bridgehead atoms. The van der Waals surface area contributed by atoms with E-state index in [1.54, 1.807) is 0 Å². The molecule has 0 spiro atoms. The van der Waals surface area contributed by atoms with E-state index in [9.17, 15) is 4.79 Å². The number of thioether (sulfide) groups is 1. The Balaban J connectivity index is 1.91. The van der Waals surface area contributed by atoms with Crippen LogP contribution in [-0.4, -0.2) is 30.5 Å². The fourth-order valence-corrected chi connectivity index (χ4v) is 3.51. The molecule has 2 rings (SSSR count). The summed E-state index contributed by atoms with van der Waals surface area (Å²) in [5.74, 6) is 3.15. The Kier molecular flexibility index (Phi) is 5.58. The average molecular weight is 278 g/mol. The third-order valence-corrected chi connectivity index (χ3v) is 4.48. The molecule has 19 heavy (non-hydrogen) atoms. The van der Waals surface area contributed by atoms with Gasteiger partial charge in [0.25, 0.3) is 5.91 Å². The van der Waals surface area contributed by atoms with Crippen LogP contribution in [0.15, 0.2) is 24.3 Å². The average Bonchev–Trinajstić information content (AvgIpc) is 2.47. The van der Waals surface area contributed by atoms with Crippen LogP contribution in [0.25, 0.3) is 0 Å². The summed E-state index contributed by atoms with van der Waals surface area (Å²) in [6, 6.07) is 7.69. The van der Waals surface area contributed by atoms with E-state index < -0.39 is 0 Å². The van der Waals surface area contributed by atoms with Crippen LogP contribution in [0.3, 0.4) is 0 Å². The van der Waals surface area contributed by atoms with Crippen LogP contribution in [0.2, 0.25) is 0 Å². The highest BCUT2D eigenvalue weighted by molar-refractivity contribution is 7.99. The molecule has 1 aliphatic heterocycles. The third kappa shape index (κ3) is 4.16. The molecule has 4 heteroatoms. The molecule has 0 saturated carbocycles. The Morgan fingerprint density at radius 3 is 2.79 bits per heavy atom. The van der Waals surface area contributed by atoms with Crippen LogP contribution in [0.1, 0.15) is 30.1 Å². The topological polar surface area (TPSA) is 41.1 Å². The second kappa shape index (κ2) is 7.43. The molecule has 3 nitrogen and oxygen atoms in total. The SMILES string of the molecule is CCNc1ccccc1C(=O)NCC1CCSCC1. The van der Waals surface area contributed by atoms with Crippen molar-refractivity contribution in [2.24, 2.45) is 5.92 Å². The number of anilines is 1. The van der Waals surface area contributed by atoms with E-state index in [0.717, 1.165) is 24.3 Å². The number of hydrogen-bond acceptors (Lipinski definition) is 3. The van der Waals surface area contributed by atoms with E-state index in [2.05, 4.69) is 10.6 Å². The highest BCUT2D eigenvalue weighted by Gasteiger charge is 2.16. The van der Waals surface area contributed by atoms with Gasteiger partial charge in [-0.2, -0.15) is 11.8 Å². The van der Waals surface area contributed by atoms with Crippen molar-refractivity contribution in [1.29, 1.82) is 0 Å². The quantitative estimate of drug-likeness (QED) is 0.870. The van der Waals surface area contributed by atoms with Gasteiger partial charge >= 0.3 is 0 Å². The van der Waals surface area contributed by atoms with Crippen LogP contribution in [0.4, 0.5) is 5.69 Å². The van der Waals surface area contributed by atoms with E-state index in [1.165, 1.54) is 24.3 Å². The Morgan fingerprint density at radius 1 is 1.32 bits per heavy atom. The molecule has 1 fully saturated rings. The van der Waals surface area contributed by atoms with Crippen molar-refractivity contribution in [2.75, 3.05) is 29.9 Å². The standard InChI is InChI=1S/C15H22N2OS/c1-2-16-14-6-4-3-5-13(14)15(18)17-11-12-7-9-19-10-8-12/h3-6,12,16H,2,7-11H2,1H3,(H,17,18). The summed E-state index contributed by atoms with van der Waals surface area (Å²) in [6.07, 6.45) is 2.44. The van der Waals surface area contributed by atoms with Crippen molar-refractivity contribution in [3.8, 4) is 0 Å². The lowest BCUT2D eigenvalue weighted by atomic mass is 10.0. The first kappa shape index (κ1) is 14.3. The zero-order chi connectivity index (χ0) is 13.5. The molecule has 0 atom stereocenters. The Hall–Kier alpha value is -1.16. The van der Waals surface area contributed by atoms with Gasteiger partial charge in [-0.25, -0.2) is 0 Å². The highest BCUT2D eigenvalue weighted by atomic mass is 32.2. The van der Waals surface area contributed by atoms with Gasteiger partial charge in [0.15, 0.2) is 0 Å². The third-order valence-electron chi connectivity index (χ3n) is 3.43. The van der Waals surface area contributed by atoms with Gasteiger partial charge in [0, 0.05) is 18.8 Å². The maximum Gasteiger partial charge on any atom is 0.253 e. The minimum absolute atomic E-state index is 0.0368. The van der Waals surface area contributed by atoms with Gasteiger partial charge in [0.1, 0.15) is 0 Å². The minimum Gasteiger partial charge on any atom is -0.385 e. The number of para-hydroxylation sites is 1. The predicted octanol–water partition coefficient (Wildman–Crippen LogP) is 2.99. The number of carbonyl (C=O) groups excluding carboxylic acids is 1. The summed E-state index contributed by atoms with van der Waals surface area (Å²) >= 11 is 2.02. The number of benzene rings is 1. The van der Waals surface area contributed by atoms with Crippen LogP contribution >= 0.6 is 11.8 Å². The molecule has 1 aliphatic rings. The summed E-state index contributed by atoms with van der Waals surface area (Å²) in [5.41, 5.74) is 1.66. The lowest BCUT2D eigenvalue weighted by Gasteiger charge is -2.21. The Morgan fingerprint density at radius 2 is 2.05 bits per heavy atom. The van der Waals surface area contributed by atoms with Gasteiger partial charge in [-0.3, -0.25) is 4.79 Å². The molecule has 0 aliphatic carbocycles. The van der Waals surface area contributed by atoms with Crippen LogP contribution in [-0.2, 0) is 0 Å². The lowest BCUT2D eigenvalue weighted by molar-refractivity contribution is 0.0947. The van der Waals surface area contributed by atoms with Crippen molar-refractivity contribution in [2.45, 2.75) is 19.8 Å². The van der Waals surface area contributed by atoms with E-state index in [4.69, 9.17) is 0 Å². The van der Waals surface area contributed by atoms with Crippen molar-refractivity contribution in [3.05, 3.63) is 29.8 Å². The second-order valence-electron chi connectivity index (χ2n) is 4.84. The predicted molar refractivity (Wildman–Crippen MR) is 83.0 cm³/mol. The van der Waals surface area contributed by atoms with Crippen molar-refractivity contribution in [3.63, 3.8) is 0 Å². The summed E-state index contributed by atoms with van der Waals surface area (Å²) in [6.45, 7) is 3.67. The zero-order valence-corrected chi connectivity index (χ0v) is 12.3. The van der Waals surface area contributed by atoms with Crippen LogP contribution < -0.4 is 10.6 Å². The molecule has 1 saturated heterocycles. The summed E-state index contributed by atoms with van der Waals surface area (Å²) in [5, 5.41) is 6.31. The number of rotatable bonds is 5. The molecular weight excluding hydrogens is 256 g/mol. The fourth-order valence-electron chi connectivity index (χ4n) is 2.31. The number of nitrogens with one attached hydrogen (secondary N) is 2. The molecule has 1 heterocycles. The Bertz CT molecular complexity index is 416. The number of hydrogen-bond donors (Lipinski definition) is 2. The molecule has 2 N–H and O–H groups in total. The monoisotopic (exact) mass is 278 g/mol. The lowest BCUT2D eigenvalue weighted by Crippen LogP contribution is -2.31. The first-order chi connectivity index (χ1) is 9.31. The van der Waals surface area contributed by atoms with Crippen molar-refractivity contribution >= 4 is 23.4 Å². The molecule has 1 amide bonds. The summed E-state index contributed by atoms with van der Waals surface area (Å²) < 4.78 is 0. The second-order valence-corrected chi connectivity index (χ2v) is 6.07. The van der Waals surface area contributed by atoms with Crippen molar-refractivity contribution in [1.82, 2.24) is 5.32 Å². The maximum absolute atomic E-state index is 12.2. The van der Waals surface area contributed by atoms with Gasteiger partial charge < -0.3 is 10.6 Å². The fraction of sp³-hybridized carbons (Fsp3) is 0.533. The van der Waals surface area contributed by atoms with E-state index >= 15 is 0 Å². The number of carbonyl (C=O) groups is 1. The largest absolute Gasteiger partial charge is 0.385 e. The molecule has 0 unspecified atom stereocenters. The molecule has 0 radical (unpaired) electrons. The molecule has 0 aromatic heterocycles. The van der Waals surface area contributed by atoms with Crippen LogP contribution in [0.5, 0.6) is 0 Å².